The third-order valence-electron chi connectivity index (χ3n) is 5.04. The summed E-state index contributed by atoms with van der Waals surface area (Å²) in [6.07, 6.45) is 10.9. The van der Waals surface area contributed by atoms with Crippen molar-refractivity contribution >= 4 is 17.3 Å². The highest BCUT2D eigenvalue weighted by molar-refractivity contribution is 6.24. The first-order chi connectivity index (χ1) is 13.7. The Kier molecular flexibility index (Phi) is 3.76. The summed E-state index contributed by atoms with van der Waals surface area (Å²) in [6.45, 7) is 0. The Morgan fingerprint density at radius 3 is 2.46 bits per heavy atom. The summed E-state index contributed by atoms with van der Waals surface area (Å²) < 4.78 is 0. The summed E-state index contributed by atoms with van der Waals surface area (Å²) in [5.41, 5.74) is 12.1. The highest BCUT2D eigenvalue weighted by atomic mass is 16.1. The van der Waals surface area contributed by atoms with Crippen molar-refractivity contribution in [3.63, 3.8) is 0 Å². The number of carbonyl (C=O) groups excluding carboxylic acids is 1. The van der Waals surface area contributed by atoms with Crippen LogP contribution >= 0.6 is 0 Å². The molecule has 0 fully saturated rings. The van der Waals surface area contributed by atoms with E-state index >= 15 is 0 Å². The lowest BCUT2D eigenvalue weighted by Gasteiger charge is -2.10. The molecule has 0 unspecified atom stereocenters. The van der Waals surface area contributed by atoms with Crippen molar-refractivity contribution in [2.75, 3.05) is 5.73 Å². The van der Waals surface area contributed by atoms with Crippen molar-refractivity contribution in [2.45, 2.75) is 6.42 Å². The Labute approximate surface area is 162 Å². The number of allylic oxidation sites excluding steroid dienone is 6. The van der Waals surface area contributed by atoms with Crippen LogP contribution in [0.15, 0.2) is 78.9 Å². The minimum Gasteiger partial charge on any atom is -0.368 e. The van der Waals surface area contributed by atoms with Crippen molar-refractivity contribution in [1.29, 1.82) is 0 Å². The number of benzene rings is 2. The van der Waals surface area contributed by atoms with Gasteiger partial charge in [-0.3, -0.25) is 4.79 Å². The number of rotatable bonds is 2. The molecule has 2 aliphatic rings. The second-order valence-electron chi connectivity index (χ2n) is 6.77. The standard InChI is InChI=1S/C24H17N3O/c25-24-26-21(16-11-4-1-2-5-12-16)20-22(27-24)19-17(15-9-6-3-7-10-15)13-8-14-18(19)23(20)28/h1,3-14H,2H2,(H2,25,26,27). The Morgan fingerprint density at radius 2 is 1.61 bits per heavy atom. The summed E-state index contributed by atoms with van der Waals surface area (Å²) in [5.74, 6) is 0.111. The number of aromatic nitrogens is 2. The van der Waals surface area contributed by atoms with Gasteiger partial charge in [-0.1, -0.05) is 78.9 Å². The molecule has 2 N–H and O–H groups in total. The number of nitrogens with zero attached hydrogens (tertiary/aromatic N) is 2. The van der Waals surface area contributed by atoms with Gasteiger partial charge in [0.05, 0.1) is 17.0 Å². The maximum atomic E-state index is 13.3. The van der Waals surface area contributed by atoms with Gasteiger partial charge >= 0.3 is 0 Å². The van der Waals surface area contributed by atoms with Crippen molar-refractivity contribution in [3.05, 3.63) is 95.7 Å². The summed E-state index contributed by atoms with van der Waals surface area (Å²) in [5, 5.41) is 0. The van der Waals surface area contributed by atoms with Crippen molar-refractivity contribution in [3.8, 4) is 22.4 Å². The van der Waals surface area contributed by atoms with E-state index in [0.717, 1.165) is 28.7 Å². The molecule has 0 aliphatic heterocycles. The number of nitrogens with two attached hydrogens (primary N) is 1. The molecule has 0 saturated heterocycles. The van der Waals surface area contributed by atoms with Crippen LogP contribution in [0.5, 0.6) is 0 Å². The van der Waals surface area contributed by atoms with Crippen molar-refractivity contribution < 1.29 is 4.79 Å². The highest BCUT2D eigenvalue weighted by Crippen LogP contribution is 2.44. The minimum atomic E-state index is -0.0553. The van der Waals surface area contributed by atoms with Crippen LogP contribution in [0.1, 0.15) is 28.0 Å². The Bertz CT molecular complexity index is 1200. The van der Waals surface area contributed by atoms with Crippen LogP contribution in [0, 0.1) is 0 Å². The Hall–Kier alpha value is -3.79. The van der Waals surface area contributed by atoms with Gasteiger partial charge in [-0.15, -0.1) is 0 Å². The fourth-order valence-electron chi connectivity index (χ4n) is 3.81. The smallest absolute Gasteiger partial charge is 0.221 e. The van der Waals surface area contributed by atoms with Crippen molar-refractivity contribution in [1.82, 2.24) is 9.97 Å². The normalized spacial score (nSPS) is 14.4. The number of ketones is 1. The van der Waals surface area contributed by atoms with E-state index in [9.17, 15) is 4.79 Å². The molecule has 0 radical (unpaired) electrons. The van der Waals surface area contributed by atoms with Crippen LogP contribution in [-0.4, -0.2) is 15.8 Å². The van der Waals surface area contributed by atoms with Gasteiger partial charge in [-0.25, -0.2) is 9.97 Å². The van der Waals surface area contributed by atoms with Crippen LogP contribution in [-0.2, 0) is 0 Å². The molecule has 2 aromatic carbocycles. The lowest BCUT2D eigenvalue weighted by atomic mass is 9.96. The van der Waals surface area contributed by atoms with Gasteiger partial charge in [0, 0.05) is 16.7 Å². The summed E-state index contributed by atoms with van der Waals surface area (Å²) in [7, 11) is 0. The molecule has 2 aliphatic carbocycles. The first kappa shape index (κ1) is 16.4. The highest BCUT2D eigenvalue weighted by Gasteiger charge is 2.34. The molecule has 4 nitrogen and oxygen atoms in total. The molecule has 0 amide bonds. The van der Waals surface area contributed by atoms with Gasteiger partial charge in [0.1, 0.15) is 0 Å². The fourth-order valence-corrected chi connectivity index (χ4v) is 3.81. The molecule has 5 rings (SSSR count). The Morgan fingerprint density at radius 1 is 0.821 bits per heavy atom. The monoisotopic (exact) mass is 363 g/mol. The number of anilines is 1. The summed E-state index contributed by atoms with van der Waals surface area (Å²) in [4.78, 5) is 22.3. The topological polar surface area (TPSA) is 68.9 Å². The molecule has 0 spiro atoms. The molecule has 3 aromatic rings. The van der Waals surface area contributed by atoms with Gasteiger partial charge < -0.3 is 5.73 Å². The lowest BCUT2D eigenvalue weighted by Crippen LogP contribution is -2.07. The second kappa shape index (κ2) is 6.43. The average molecular weight is 363 g/mol. The predicted octanol–water partition coefficient (Wildman–Crippen LogP) is 4.84. The van der Waals surface area contributed by atoms with Gasteiger partial charge in [0.15, 0.2) is 5.78 Å². The molecule has 1 heterocycles. The molecular formula is C24H17N3O. The van der Waals surface area contributed by atoms with E-state index in [1.807, 2.05) is 72.8 Å². The van der Waals surface area contributed by atoms with Gasteiger partial charge in [-0.2, -0.15) is 0 Å². The SMILES string of the molecule is Nc1nc(C2=CC=CCC=C2)c2c(n1)-c1c(cccc1-c1ccccc1)C2=O. The van der Waals surface area contributed by atoms with Gasteiger partial charge in [-0.05, 0) is 17.5 Å². The summed E-state index contributed by atoms with van der Waals surface area (Å²) in [6, 6.07) is 15.8. The van der Waals surface area contributed by atoms with Crippen LogP contribution in [0.2, 0.25) is 0 Å². The van der Waals surface area contributed by atoms with E-state index in [1.54, 1.807) is 0 Å². The van der Waals surface area contributed by atoms with Crippen LogP contribution in [0.4, 0.5) is 5.95 Å². The first-order valence-corrected chi connectivity index (χ1v) is 9.19. The maximum Gasteiger partial charge on any atom is 0.221 e. The first-order valence-electron chi connectivity index (χ1n) is 9.19. The zero-order valence-electron chi connectivity index (χ0n) is 15.1. The van der Waals surface area contributed by atoms with Crippen LogP contribution in [0.3, 0.4) is 0 Å². The number of hydrogen-bond donors (Lipinski definition) is 1. The van der Waals surface area contributed by atoms with E-state index < -0.39 is 0 Å². The zero-order valence-corrected chi connectivity index (χ0v) is 15.1. The van der Waals surface area contributed by atoms with Gasteiger partial charge in [0.25, 0.3) is 0 Å². The van der Waals surface area contributed by atoms with E-state index in [4.69, 9.17) is 5.73 Å². The second-order valence-corrected chi connectivity index (χ2v) is 6.77. The molecule has 0 atom stereocenters. The van der Waals surface area contributed by atoms with Gasteiger partial charge in [0.2, 0.25) is 5.95 Å². The summed E-state index contributed by atoms with van der Waals surface area (Å²) >= 11 is 0. The maximum absolute atomic E-state index is 13.3. The Balaban J connectivity index is 1.80. The molecular weight excluding hydrogens is 346 g/mol. The molecule has 4 heteroatoms. The predicted molar refractivity (Wildman–Crippen MR) is 112 cm³/mol. The molecule has 1 aromatic heterocycles. The van der Waals surface area contributed by atoms with E-state index in [2.05, 4.69) is 16.0 Å². The largest absolute Gasteiger partial charge is 0.368 e. The number of hydrogen-bond acceptors (Lipinski definition) is 4. The molecule has 0 saturated carbocycles. The third kappa shape index (κ3) is 2.50. The quantitative estimate of drug-likeness (QED) is 0.553. The number of fused-ring (bicyclic) bond motifs is 3. The number of nitrogen functional groups attached to an aromatic ring is 1. The van der Waals surface area contributed by atoms with E-state index in [0.29, 0.717) is 22.5 Å². The lowest BCUT2D eigenvalue weighted by molar-refractivity contribution is 0.104. The van der Waals surface area contributed by atoms with E-state index in [1.165, 1.54) is 0 Å². The fraction of sp³-hybridized carbons (Fsp3) is 0.0417. The third-order valence-corrected chi connectivity index (χ3v) is 5.04. The number of carbonyl (C=O) groups is 1. The zero-order chi connectivity index (χ0) is 19.1. The van der Waals surface area contributed by atoms with Crippen molar-refractivity contribution in [2.24, 2.45) is 0 Å². The molecule has 28 heavy (non-hydrogen) atoms. The average Bonchev–Trinajstić information content (AvgIpc) is 2.90. The minimum absolute atomic E-state index is 0.0553. The molecule has 134 valence electrons. The molecule has 0 bridgehead atoms. The van der Waals surface area contributed by atoms with Crippen LogP contribution < -0.4 is 5.73 Å². The van der Waals surface area contributed by atoms with Crippen LogP contribution in [0.25, 0.3) is 28.0 Å². The van der Waals surface area contributed by atoms with E-state index in [-0.39, 0.29) is 11.7 Å².